The molecule has 0 atom stereocenters. The van der Waals surface area contributed by atoms with E-state index in [1.54, 1.807) is 18.3 Å². The van der Waals surface area contributed by atoms with Gasteiger partial charge in [0.15, 0.2) is 5.76 Å². The molecule has 4 rings (SSSR count). The van der Waals surface area contributed by atoms with Crippen molar-refractivity contribution < 1.29 is 9.32 Å². The second kappa shape index (κ2) is 6.25. The summed E-state index contributed by atoms with van der Waals surface area (Å²) in [6.07, 6.45) is 1.72. The summed E-state index contributed by atoms with van der Waals surface area (Å²) >= 11 is 1.51. The highest BCUT2D eigenvalue weighted by Crippen LogP contribution is 2.29. The van der Waals surface area contributed by atoms with E-state index in [0.29, 0.717) is 17.9 Å². The zero-order chi connectivity index (χ0) is 16.4. The van der Waals surface area contributed by atoms with E-state index < -0.39 is 0 Å². The zero-order valence-corrected chi connectivity index (χ0v) is 13.4. The summed E-state index contributed by atoms with van der Waals surface area (Å²) in [5, 5.41) is 10.5. The lowest BCUT2D eigenvalue weighted by Crippen LogP contribution is -2.22. The molecule has 0 aliphatic carbocycles. The van der Waals surface area contributed by atoms with Crippen LogP contribution in [0.1, 0.15) is 15.4 Å². The van der Waals surface area contributed by atoms with Gasteiger partial charge in [-0.2, -0.15) is 0 Å². The smallest absolute Gasteiger partial charge is 0.251 e. The summed E-state index contributed by atoms with van der Waals surface area (Å²) in [6.45, 7) is 0.420. The molecule has 5 nitrogen and oxygen atoms in total. The summed E-state index contributed by atoms with van der Waals surface area (Å²) in [6, 6.07) is 15.1. The highest BCUT2D eigenvalue weighted by molar-refractivity contribution is 7.09. The van der Waals surface area contributed by atoms with Crippen molar-refractivity contribution in [2.45, 2.75) is 6.54 Å². The van der Waals surface area contributed by atoms with E-state index in [1.807, 2.05) is 41.8 Å². The summed E-state index contributed by atoms with van der Waals surface area (Å²) < 4.78 is 5.46. The Labute approximate surface area is 141 Å². The fraction of sp³-hybridized carbons (Fsp3) is 0.0556. The molecule has 6 heteroatoms. The van der Waals surface area contributed by atoms with Crippen LogP contribution in [0.4, 0.5) is 0 Å². The minimum absolute atomic E-state index is 0.146. The molecule has 0 saturated carbocycles. The van der Waals surface area contributed by atoms with E-state index in [1.165, 1.54) is 11.3 Å². The largest absolute Gasteiger partial charge is 0.355 e. The lowest BCUT2D eigenvalue weighted by atomic mass is 10.1. The first-order valence-electron chi connectivity index (χ1n) is 7.43. The number of hydrogen-bond acceptors (Lipinski definition) is 5. The van der Waals surface area contributed by atoms with Gasteiger partial charge in [0.2, 0.25) is 0 Å². The number of fused-ring (bicyclic) bond motifs is 1. The van der Waals surface area contributed by atoms with Crippen LogP contribution in [0.25, 0.3) is 22.2 Å². The quantitative estimate of drug-likeness (QED) is 0.614. The molecule has 0 fully saturated rings. The molecule has 2 aromatic carbocycles. The Kier molecular flexibility index (Phi) is 3.80. The molecular formula is C18H13N3O2S. The second-order valence-corrected chi connectivity index (χ2v) is 6.20. The fourth-order valence-corrected chi connectivity index (χ4v) is 3.03. The van der Waals surface area contributed by atoms with Gasteiger partial charge >= 0.3 is 0 Å². The number of amides is 1. The average Bonchev–Trinajstić information content (AvgIpc) is 3.29. The molecule has 118 valence electrons. The van der Waals surface area contributed by atoms with Crippen LogP contribution in [0.5, 0.6) is 0 Å². The van der Waals surface area contributed by atoms with Crippen LogP contribution in [-0.4, -0.2) is 16.0 Å². The van der Waals surface area contributed by atoms with E-state index in [-0.39, 0.29) is 5.91 Å². The van der Waals surface area contributed by atoms with Crippen LogP contribution < -0.4 is 5.32 Å². The minimum atomic E-state index is -0.146. The van der Waals surface area contributed by atoms with Crippen molar-refractivity contribution >= 4 is 28.1 Å². The fourth-order valence-electron chi connectivity index (χ4n) is 2.48. The first kappa shape index (κ1) is 14.6. The second-order valence-electron chi connectivity index (χ2n) is 5.22. The number of aromatic nitrogens is 2. The Balaban J connectivity index is 1.63. The predicted octanol–water partition coefficient (Wildman–Crippen LogP) is 3.88. The van der Waals surface area contributed by atoms with Crippen molar-refractivity contribution in [3.63, 3.8) is 0 Å². The van der Waals surface area contributed by atoms with E-state index in [2.05, 4.69) is 15.5 Å². The van der Waals surface area contributed by atoms with E-state index in [9.17, 15) is 4.79 Å². The van der Waals surface area contributed by atoms with Crippen LogP contribution in [0, 0.1) is 0 Å². The molecule has 0 saturated heterocycles. The number of carbonyl (C=O) groups is 1. The van der Waals surface area contributed by atoms with Crippen molar-refractivity contribution in [2.75, 3.05) is 0 Å². The monoisotopic (exact) mass is 335 g/mol. The van der Waals surface area contributed by atoms with E-state index in [4.69, 9.17) is 4.52 Å². The lowest BCUT2D eigenvalue weighted by molar-refractivity contribution is 0.0951. The summed E-state index contributed by atoms with van der Waals surface area (Å²) in [4.78, 5) is 16.5. The third kappa shape index (κ3) is 2.79. The SMILES string of the molecule is O=C(NCc1nccs1)c1ccc2noc(-c3ccccc3)c2c1. The Hall–Kier alpha value is -2.99. The van der Waals surface area contributed by atoms with Gasteiger partial charge in [0, 0.05) is 22.7 Å². The molecule has 0 aliphatic heterocycles. The summed E-state index contributed by atoms with van der Waals surface area (Å²) in [5.74, 6) is 0.521. The predicted molar refractivity (Wildman–Crippen MR) is 92.7 cm³/mol. The average molecular weight is 335 g/mol. The molecule has 2 heterocycles. The van der Waals surface area contributed by atoms with Gasteiger partial charge in [0.25, 0.3) is 5.91 Å². The molecule has 0 radical (unpaired) electrons. The lowest BCUT2D eigenvalue weighted by Gasteiger charge is -2.03. The molecule has 2 aromatic heterocycles. The van der Waals surface area contributed by atoms with Gasteiger partial charge in [-0.05, 0) is 18.2 Å². The number of nitrogens with one attached hydrogen (secondary N) is 1. The molecule has 4 aromatic rings. The molecule has 0 unspecified atom stereocenters. The number of nitrogens with zero attached hydrogens (tertiary/aromatic N) is 2. The van der Waals surface area contributed by atoms with Gasteiger partial charge in [-0.25, -0.2) is 4.98 Å². The number of thiazole rings is 1. The van der Waals surface area contributed by atoms with Gasteiger partial charge in [0.05, 0.1) is 11.9 Å². The number of hydrogen-bond donors (Lipinski definition) is 1. The number of benzene rings is 2. The normalized spacial score (nSPS) is 10.8. The van der Waals surface area contributed by atoms with Crippen LogP contribution in [0.2, 0.25) is 0 Å². The van der Waals surface area contributed by atoms with Gasteiger partial charge in [0.1, 0.15) is 10.5 Å². The highest BCUT2D eigenvalue weighted by atomic mass is 32.1. The third-order valence-corrected chi connectivity index (χ3v) is 4.44. The molecule has 0 bridgehead atoms. The number of rotatable bonds is 4. The standard InChI is InChI=1S/C18H13N3O2S/c22-18(20-11-16-19-8-9-24-16)13-6-7-15-14(10-13)17(23-21-15)12-4-2-1-3-5-12/h1-10H,11H2,(H,20,22). The van der Waals surface area contributed by atoms with Crippen LogP contribution in [0.15, 0.2) is 64.6 Å². The van der Waals surface area contributed by atoms with Crippen molar-refractivity contribution in [1.82, 2.24) is 15.5 Å². The first-order chi connectivity index (χ1) is 11.8. The molecule has 0 spiro atoms. The maximum atomic E-state index is 12.4. The van der Waals surface area contributed by atoms with Crippen molar-refractivity contribution in [3.8, 4) is 11.3 Å². The maximum absolute atomic E-state index is 12.4. The Morgan fingerprint density at radius 1 is 1.17 bits per heavy atom. The highest BCUT2D eigenvalue weighted by Gasteiger charge is 2.14. The van der Waals surface area contributed by atoms with Gasteiger partial charge < -0.3 is 9.84 Å². The Bertz CT molecular complexity index is 978. The Morgan fingerprint density at radius 2 is 2.04 bits per heavy atom. The number of carbonyl (C=O) groups excluding carboxylic acids is 1. The maximum Gasteiger partial charge on any atom is 0.251 e. The van der Waals surface area contributed by atoms with Crippen molar-refractivity contribution in [3.05, 3.63) is 70.7 Å². The molecule has 0 aliphatic rings. The van der Waals surface area contributed by atoms with Gasteiger partial charge in [-0.3, -0.25) is 4.79 Å². The molecular weight excluding hydrogens is 322 g/mol. The zero-order valence-electron chi connectivity index (χ0n) is 12.6. The van der Waals surface area contributed by atoms with Crippen LogP contribution >= 0.6 is 11.3 Å². The first-order valence-corrected chi connectivity index (χ1v) is 8.30. The van der Waals surface area contributed by atoms with E-state index in [0.717, 1.165) is 21.5 Å². The van der Waals surface area contributed by atoms with Crippen molar-refractivity contribution in [1.29, 1.82) is 0 Å². The summed E-state index contributed by atoms with van der Waals surface area (Å²) in [7, 11) is 0. The van der Waals surface area contributed by atoms with Crippen LogP contribution in [-0.2, 0) is 6.54 Å². The van der Waals surface area contributed by atoms with Gasteiger partial charge in [-0.1, -0.05) is 35.5 Å². The molecule has 1 amide bonds. The van der Waals surface area contributed by atoms with Crippen molar-refractivity contribution in [2.24, 2.45) is 0 Å². The molecule has 24 heavy (non-hydrogen) atoms. The minimum Gasteiger partial charge on any atom is -0.355 e. The Morgan fingerprint density at radius 3 is 2.83 bits per heavy atom. The third-order valence-electron chi connectivity index (χ3n) is 3.66. The van der Waals surface area contributed by atoms with E-state index >= 15 is 0 Å². The topological polar surface area (TPSA) is 68.0 Å². The van der Waals surface area contributed by atoms with Crippen LogP contribution in [0.3, 0.4) is 0 Å². The summed E-state index contributed by atoms with van der Waals surface area (Å²) in [5.41, 5.74) is 2.23. The molecule has 1 N–H and O–H groups in total. The van der Waals surface area contributed by atoms with Gasteiger partial charge in [-0.15, -0.1) is 11.3 Å².